The number of hydrogen-bond acceptors (Lipinski definition) is 2. The second kappa shape index (κ2) is 14.1. The summed E-state index contributed by atoms with van der Waals surface area (Å²) in [4.78, 5) is 2.46. The number of para-hydroxylation sites is 1. The van der Waals surface area contributed by atoms with Gasteiger partial charge in [-0.3, -0.25) is 0 Å². The fourth-order valence-corrected chi connectivity index (χ4v) is 10.0. The van der Waals surface area contributed by atoms with E-state index in [1.165, 1.54) is 65.3 Å². The van der Waals surface area contributed by atoms with Crippen molar-refractivity contribution >= 4 is 93.1 Å². The highest BCUT2D eigenvalue weighted by molar-refractivity contribution is 6.20. The van der Waals surface area contributed by atoms with Gasteiger partial charge < -0.3 is 13.9 Å². The van der Waals surface area contributed by atoms with Crippen LogP contribution in [0.3, 0.4) is 0 Å². The van der Waals surface area contributed by atoms with Crippen molar-refractivity contribution in [3.8, 4) is 27.9 Å². The number of fused-ring (bicyclic) bond motifs is 10. The van der Waals surface area contributed by atoms with Crippen molar-refractivity contribution in [1.29, 1.82) is 0 Å². The molecule has 0 saturated carbocycles. The summed E-state index contributed by atoms with van der Waals surface area (Å²) in [5.74, 6) is 0. The first-order valence-electron chi connectivity index (χ1n) is 21.6. The van der Waals surface area contributed by atoms with Crippen LogP contribution in [0.5, 0.6) is 0 Å². The van der Waals surface area contributed by atoms with Crippen LogP contribution < -0.4 is 4.90 Å². The lowest BCUT2D eigenvalue weighted by atomic mass is 9.92. The Kier molecular flexibility index (Phi) is 7.91. The smallest absolute Gasteiger partial charge is 0.136 e. The number of nitrogens with zero attached hydrogens (tertiary/aromatic N) is 2. The number of benzene rings is 11. The average molecular weight is 803 g/mol. The zero-order valence-electron chi connectivity index (χ0n) is 34.2. The molecule has 0 atom stereocenters. The Morgan fingerprint density at radius 1 is 0.333 bits per heavy atom. The van der Waals surface area contributed by atoms with Crippen LogP contribution in [0.1, 0.15) is 0 Å². The van der Waals surface area contributed by atoms with E-state index in [0.717, 1.165) is 55.7 Å². The summed E-state index contributed by atoms with van der Waals surface area (Å²) in [6.45, 7) is 0. The van der Waals surface area contributed by atoms with Crippen LogP contribution >= 0.6 is 0 Å². The molecule has 63 heavy (non-hydrogen) atoms. The van der Waals surface area contributed by atoms with Crippen LogP contribution in [-0.2, 0) is 0 Å². The molecule has 0 fully saturated rings. The second-order valence-corrected chi connectivity index (χ2v) is 16.5. The minimum atomic E-state index is 0.868. The Bertz CT molecular complexity index is 3930. The van der Waals surface area contributed by atoms with Crippen LogP contribution in [0.25, 0.3) is 104 Å². The molecule has 0 aliphatic heterocycles. The van der Waals surface area contributed by atoms with Crippen molar-refractivity contribution in [2.24, 2.45) is 0 Å². The van der Waals surface area contributed by atoms with E-state index in [-0.39, 0.29) is 0 Å². The topological polar surface area (TPSA) is 21.3 Å². The van der Waals surface area contributed by atoms with Gasteiger partial charge in [-0.15, -0.1) is 0 Å². The van der Waals surface area contributed by atoms with Gasteiger partial charge in [0.05, 0.1) is 16.7 Å². The summed E-state index contributed by atoms with van der Waals surface area (Å²) in [6.07, 6.45) is 0. The van der Waals surface area contributed by atoms with Crippen molar-refractivity contribution < 1.29 is 4.42 Å². The molecule has 0 aliphatic carbocycles. The molecule has 0 amide bonds. The van der Waals surface area contributed by atoms with E-state index in [1.54, 1.807) is 0 Å². The Hall–Kier alpha value is -8.40. The summed E-state index contributed by atoms with van der Waals surface area (Å²) in [5.41, 5.74) is 13.1. The van der Waals surface area contributed by atoms with Crippen molar-refractivity contribution in [3.05, 3.63) is 231 Å². The Balaban J connectivity index is 1.11. The van der Waals surface area contributed by atoms with E-state index in [1.807, 2.05) is 0 Å². The van der Waals surface area contributed by atoms with E-state index in [0.29, 0.717) is 0 Å². The van der Waals surface area contributed by atoms with Gasteiger partial charge in [0.1, 0.15) is 11.2 Å². The summed E-state index contributed by atoms with van der Waals surface area (Å²) >= 11 is 0. The van der Waals surface area contributed by atoms with E-state index in [2.05, 4.69) is 240 Å². The molecule has 0 radical (unpaired) electrons. The van der Waals surface area contributed by atoms with Crippen molar-refractivity contribution in [2.45, 2.75) is 0 Å². The van der Waals surface area contributed by atoms with Crippen molar-refractivity contribution in [1.82, 2.24) is 4.57 Å². The SMILES string of the molecule is c1ccc(-c2ccc(N(c3ccc4oc5ccc6ccccc6c5c4c3)c3cccc4c3c3ccccc3n4-c3ccc4ccccc4c3)cc2-c2ccc3ccccc3c2)cc1. The largest absolute Gasteiger partial charge is 0.456 e. The minimum Gasteiger partial charge on any atom is -0.456 e. The van der Waals surface area contributed by atoms with Crippen molar-refractivity contribution in [2.75, 3.05) is 4.90 Å². The molecule has 0 aliphatic rings. The molecule has 0 spiro atoms. The quantitative estimate of drug-likeness (QED) is 0.167. The van der Waals surface area contributed by atoms with Gasteiger partial charge in [-0.1, -0.05) is 158 Å². The molecule has 2 aromatic heterocycles. The van der Waals surface area contributed by atoms with Gasteiger partial charge in [0.25, 0.3) is 0 Å². The summed E-state index contributed by atoms with van der Waals surface area (Å²) < 4.78 is 9.00. The maximum atomic E-state index is 6.57. The predicted octanol–water partition coefficient (Wildman–Crippen LogP) is 16.9. The molecule has 0 saturated heterocycles. The molecular weight excluding hydrogens is 765 g/mol. The highest BCUT2D eigenvalue weighted by Gasteiger charge is 2.24. The third kappa shape index (κ3) is 5.67. The lowest BCUT2D eigenvalue weighted by Crippen LogP contribution is -2.11. The van der Waals surface area contributed by atoms with Gasteiger partial charge in [-0.05, 0) is 127 Å². The minimum absolute atomic E-state index is 0.868. The lowest BCUT2D eigenvalue weighted by molar-refractivity contribution is 0.669. The molecule has 0 unspecified atom stereocenters. The predicted molar refractivity (Wildman–Crippen MR) is 266 cm³/mol. The van der Waals surface area contributed by atoms with Gasteiger partial charge in [-0.25, -0.2) is 0 Å². The summed E-state index contributed by atoms with van der Waals surface area (Å²) in [7, 11) is 0. The molecule has 11 aromatic carbocycles. The van der Waals surface area contributed by atoms with E-state index < -0.39 is 0 Å². The number of aromatic nitrogens is 1. The standard InChI is InChI=1S/C60H38N2O/c1-2-15-41(16-3-1)49-32-30-47(37-52(49)45-26-25-39-13-4-6-18-43(39)35-45)61(48-31-34-57-53(38-48)59-50-20-9-8-17-42(50)28-33-58(59)63-57)55-23-12-24-56-60(55)51-21-10-11-22-54(51)62(56)46-29-27-40-14-5-7-19-44(40)36-46/h1-38H. The fourth-order valence-electron chi connectivity index (χ4n) is 10.0. The number of furan rings is 1. The molecular formula is C60H38N2O. The first kappa shape index (κ1) is 35.4. The molecule has 0 bridgehead atoms. The lowest BCUT2D eigenvalue weighted by Gasteiger charge is -2.28. The van der Waals surface area contributed by atoms with E-state index in [4.69, 9.17) is 4.42 Å². The average Bonchev–Trinajstić information content (AvgIpc) is 3.90. The van der Waals surface area contributed by atoms with Crippen LogP contribution in [0, 0.1) is 0 Å². The molecule has 13 rings (SSSR count). The van der Waals surface area contributed by atoms with Gasteiger partial charge in [0.2, 0.25) is 0 Å². The Morgan fingerprint density at radius 2 is 0.968 bits per heavy atom. The normalized spacial score (nSPS) is 11.8. The molecule has 3 nitrogen and oxygen atoms in total. The van der Waals surface area contributed by atoms with Crippen LogP contribution in [0.15, 0.2) is 235 Å². The number of rotatable bonds is 6. The highest BCUT2D eigenvalue weighted by Crippen LogP contribution is 2.47. The van der Waals surface area contributed by atoms with Crippen molar-refractivity contribution in [3.63, 3.8) is 0 Å². The Morgan fingerprint density at radius 3 is 1.81 bits per heavy atom. The maximum absolute atomic E-state index is 6.57. The monoisotopic (exact) mass is 802 g/mol. The van der Waals surface area contributed by atoms with E-state index in [9.17, 15) is 0 Å². The third-order valence-electron chi connectivity index (χ3n) is 12.9. The highest BCUT2D eigenvalue weighted by atomic mass is 16.3. The molecule has 0 N–H and O–H groups in total. The maximum Gasteiger partial charge on any atom is 0.136 e. The van der Waals surface area contributed by atoms with Gasteiger partial charge in [0, 0.05) is 38.6 Å². The zero-order chi connectivity index (χ0) is 41.4. The third-order valence-corrected chi connectivity index (χ3v) is 12.9. The van der Waals surface area contributed by atoms with Gasteiger partial charge >= 0.3 is 0 Å². The van der Waals surface area contributed by atoms with Crippen LogP contribution in [-0.4, -0.2) is 4.57 Å². The number of hydrogen-bond donors (Lipinski definition) is 0. The Labute approximate surface area is 363 Å². The second-order valence-electron chi connectivity index (χ2n) is 16.5. The summed E-state index contributed by atoms with van der Waals surface area (Å²) in [6, 6.07) is 83.8. The zero-order valence-corrected chi connectivity index (χ0v) is 34.2. The van der Waals surface area contributed by atoms with Gasteiger partial charge in [0.15, 0.2) is 0 Å². The molecule has 3 heteroatoms. The van der Waals surface area contributed by atoms with E-state index >= 15 is 0 Å². The fraction of sp³-hybridized carbons (Fsp3) is 0. The first-order chi connectivity index (χ1) is 31.2. The number of anilines is 3. The molecule has 2 heterocycles. The molecule has 13 aromatic rings. The van der Waals surface area contributed by atoms with Gasteiger partial charge in [-0.2, -0.15) is 0 Å². The van der Waals surface area contributed by atoms with Crippen LogP contribution in [0.2, 0.25) is 0 Å². The first-order valence-corrected chi connectivity index (χ1v) is 21.6. The molecule has 294 valence electrons. The summed E-state index contributed by atoms with van der Waals surface area (Å²) in [5, 5.41) is 11.9. The van der Waals surface area contributed by atoms with Crippen LogP contribution in [0.4, 0.5) is 17.1 Å².